The Morgan fingerprint density at radius 2 is 1.82 bits per heavy atom. The van der Waals surface area contributed by atoms with E-state index in [2.05, 4.69) is 20.5 Å². The van der Waals surface area contributed by atoms with Gasteiger partial charge >= 0.3 is 0 Å². The Morgan fingerprint density at radius 1 is 1.07 bits per heavy atom. The summed E-state index contributed by atoms with van der Waals surface area (Å²) in [5.74, 6) is -0.392. The molecular weight excluding hydrogens is 382 g/mol. The molecule has 0 radical (unpaired) electrons. The molecule has 2 N–H and O–H groups in total. The van der Waals surface area contributed by atoms with Crippen LogP contribution in [0.3, 0.4) is 0 Å². The van der Waals surface area contributed by atoms with Gasteiger partial charge in [0, 0.05) is 16.5 Å². The van der Waals surface area contributed by atoms with Gasteiger partial charge in [0.1, 0.15) is 28.5 Å². The van der Waals surface area contributed by atoms with Gasteiger partial charge in [-0.15, -0.1) is 11.3 Å². The van der Waals surface area contributed by atoms with E-state index in [1.807, 2.05) is 5.38 Å². The number of nitrogens with one attached hydrogen (secondary N) is 1. The summed E-state index contributed by atoms with van der Waals surface area (Å²) in [7, 11) is 0. The molecule has 140 valence electrons. The van der Waals surface area contributed by atoms with E-state index in [0.29, 0.717) is 11.5 Å². The summed E-state index contributed by atoms with van der Waals surface area (Å²) in [6, 6.07) is 9.82. The first-order chi connectivity index (χ1) is 13.5. The number of thiophene rings is 1. The number of aromatic nitrogens is 2. The highest BCUT2D eigenvalue weighted by molar-refractivity contribution is 7.17. The Balaban J connectivity index is 1.74. The van der Waals surface area contributed by atoms with Gasteiger partial charge in [-0.25, -0.2) is 18.7 Å². The molecule has 5 nitrogen and oxygen atoms in total. The maximum absolute atomic E-state index is 13.5. The van der Waals surface area contributed by atoms with Crippen molar-refractivity contribution in [3.8, 4) is 16.9 Å². The van der Waals surface area contributed by atoms with Gasteiger partial charge in [0.05, 0.1) is 11.1 Å². The van der Waals surface area contributed by atoms with E-state index in [1.54, 1.807) is 19.1 Å². The van der Waals surface area contributed by atoms with Crippen LogP contribution >= 0.6 is 11.3 Å². The second-order valence-corrected chi connectivity index (χ2v) is 6.89. The van der Waals surface area contributed by atoms with Crippen molar-refractivity contribution in [2.45, 2.75) is 6.92 Å². The summed E-state index contributed by atoms with van der Waals surface area (Å²) < 4.78 is 26.7. The second-order valence-electron chi connectivity index (χ2n) is 6.03. The summed E-state index contributed by atoms with van der Waals surface area (Å²) in [5.41, 5.74) is 5.23. The Morgan fingerprint density at radius 3 is 2.61 bits per heavy atom. The number of hydrogen-bond donors (Lipinski definition) is 2. The van der Waals surface area contributed by atoms with E-state index in [0.717, 1.165) is 21.3 Å². The van der Waals surface area contributed by atoms with Crippen LogP contribution in [0.1, 0.15) is 12.5 Å². The van der Waals surface area contributed by atoms with Crippen molar-refractivity contribution in [3.05, 3.63) is 71.4 Å². The molecule has 4 rings (SSSR count). The molecule has 0 aliphatic rings. The standard InChI is InChI=1S/C20H14F2N4OS/c1-11(15-8-14(22)6-7-17(15)27)25-26-19-18-16(9-28-20(18)24-10-23-19)12-2-4-13(21)5-3-12/h2-10,27H,1H3,(H,23,24,26)/b25-11+. The molecule has 0 unspecified atom stereocenters. The number of hydrogen-bond acceptors (Lipinski definition) is 6. The van der Waals surface area contributed by atoms with Crippen LogP contribution in [0.2, 0.25) is 0 Å². The Kier molecular flexibility index (Phi) is 4.70. The number of phenolic OH excluding ortho intramolecular Hbond substituents is 1. The fourth-order valence-corrected chi connectivity index (χ4v) is 3.71. The van der Waals surface area contributed by atoms with E-state index in [9.17, 15) is 13.9 Å². The highest BCUT2D eigenvalue weighted by Gasteiger charge is 2.13. The molecule has 8 heteroatoms. The molecule has 0 fully saturated rings. The average Bonchev–Trinajstić information content (AvgIpc) is 3.13. The van der Waals surface area contributed by atoms with Crippen molar-refractivity contribution in [2.24, 2.45) is 5.10 Å². The van der Waals surface area contributed by atoms with Gasteiger partial charge in [-0.3, -0.25) is 5.43 Å². The number of benzene rings is 2. The Bertz CT molecular complexity index is 1190. The molecule has 0 bridgehead atoms. The lowest BCUT2D eigenvalue weighted by molar-refractivity contribution is 0.472. The fraction of sp³-hybridized carbons (Fsp3) is 0.0500. The predicted octanol–water partition coefficient (Wildman–Crippen LogP) is 5.18. The molecule has 2 aromatic carbocycles. The minimum Gasteiger partial charge on any atom is -0.507 e. The number of halogens is 2. The van der Waals surface area contributed by atoms with Gasteiger partial charge in [0.15, 0.2) is 5.82 Å². The van der Waals surface area contributed by atoms with E-state index in [4.69, 9.17) is 0 Å². The van der Waals surface area contributed by atoms with Gasteiger partial charge in [-0.1, -0.05) is 12.1 Å². The number of nitrogens with zero attached hydrogens (tertiary/aromatic N) is 3. The monoisotopic (exact) mass is 396 g/mol. The lowest BCUT2D eigenvalue weighted by Gasteiger charge is -2.07. The van der Waals surface area contributed by atoms with Crippen LogP contribution in [0, 0.1) is 11.6 Å². The van der Waals surface area contributed by atoms with Gasteiger partial charge in [0.25, 0.3) is 0 Å². The lowest BCUT2D eigenvalue weighted by atomic mass is 10.1. The number of aromatic hydroxyl groups is 1. The molecule has 0 spiro atoms. The van der Waals surface area contributed by atoms with Crippen molar-refractivity contribution in [3.63, 3.8) is 0 Å². The van der Waals surface area contributed by atoms with Crippen LogP contribution in [0.25, 0.3) is 21.3 Å². The highest BCUT2D eigenvalue weighted by atomic mass is 32.1. The number of fused-ring (bicyclic) bond motifs is 1. The molecule has 2 aromatic heterocycles. The van der Waals surface area contributed by atoms with E-state index in [-0.39, 0.29) is 17.1 Å². The molecule has 4 aromatic rings. The van der Waals surface area contributed by atoms with Crippen molar-refractivity contribution in [1.82, 2.24) is 9.97 Å². The average molecular weight is 396 g/mol. The quantitative estimate of drug-likeness (QED) is 0.368. The third-order valence-electron chi connectivity index (χ3n) is 4.20. The van der Waals surface area contributed by atoms with E-state index >= 15 is 0 Å². The van der Waals surface area contributed by atoms with E-state index < -0.39 is 5.82 Å². The topological polar surface area (TPSA) is 70.4 Å². The molecule has 0 saturated heterocycles. The zero-order valence-electron chi connectivity index (χ0n) is 14.6. The maximum Gasteiger partial charge on any atom is 0.159 e. The predicted molar refractivity (Wildman–Crippen MR) is 107 cm³/mol. The van der Waals surface area contributed by atoms with Crippen LogP contribution in [0.5, 0.6) is 5.75 Å². The molecule has 0 saturated carbocycles. The smallest absolute Gasteiger partial charge is 0.159 e. The normalized spacial score (nSPS) is 11.8. The summed E-state index contributed by atoms with van der Waals surface area (Å²) in [6.07, 6.45) is 1.42. The first-order valence-electron chi connectivity index (χ1n) is 8.30. The van der Waals surface area contributed by atoms with Crippen molar-refractivity contribution in [2.75, 3.05) is 5.43 Å². The van der Waals surface area contributed by atoms with Crippen molar-refractivity contribution >= 4 is 33.1 Å². The highest BCUT2D eigenvalue weighted by Crippen LogP contribution is 2.36. The maximum atomic E-state index is 13.5. The molecule has 0 amide bonds. The summed E-state index contributed by atoms with van der Waals surface area (Å²) in [6.45, 7) is 1.65. The van der Waals surface area contributed by atoms with Crippen LogP contribution in [0.4, 0.5) is 14.6 Å². The van der Waals surface area contributed by atoms with Crippen LogP contribution < -0.4 is 5.43 Å². The van der Waals surface area contributed by atoms with Gasteiger partial charge in [0.2, 0.25) is 0 Å². The SMILES string of the molecule is C/C(=N\Nc1ncnc2scc(-c3ccc(F)cc3)c12)c1cc(F)ccc1O. The first-order valence-corrected chi connectivity index (χ1v) is 9.18. The van der Waals surface area contributed by atoms with Crippen molar-refractivity contribution in [1.29, 1.82) is 0 Å². The molecule has 0 atom stereocenters. The summed E-state index contributed by atoms with van der Waals surface area (Å²) >= 11 is 1.44. The van der Waals surface area contributed by atoms with Crippen molar-refractivity contribution < 1.29 is 13.9 Å². The minimum atomic E-state index is -0.469. The minimum absolute atomic E-state index is 0.0696. The van der Waals surface area contributed by atoms with Gasteiger partial charge < -0.3 is 5.11 Å². The largest absolute Gasteiger partial charge is 0.507 e. The number of anilines is 1. The Hall–Kier alpha value is -3.39. The van der Waals surface area contributed by atoms with Crippen LogP contribution in [0.15, 0.2) is 59.3 Å². The number of phenols is 1. The van der Waals surface area contributed by atoms with Crippen LogP contribution in [-0.2, 0) is 0 Å². The van der Waals surface area contributed by atoms with Gasteiger partial charge in [-0.2, -0.15) is 5.10 Å². The molecule has 0 aliphatic heterocycles. The molecule has 28 heavy (non-hydrogen) atoms. The third kappa shape index (κ3) is 3.41. The van der Waals surface area contributed by atoms with Gasteiger partial charge in [-0.05, 0) is 42.8 Å². The molecule has 2 heterocycles. The summed E-state index contributed by atoms with van der Waals surface area (Å²) in [4.78, 5) is 9.28. The first kappa shape index (κ1) is 18.0. The second kappa shape index (κ2) is 7.32. The zero-order valence-corrected chi connectivity index (χ0v) is 15.5. The van der Waals surface area contributed by atoms with E-state index in [1.165, 1.54) is 48.0 Å². The Labute approximate surface area is 163 Å². The number of hydrazone groups is 1. The number of rotatable bonds is 4. The zero-order chi connectivity index (χ0) is 19.7. The fourth-order valence-electron chi connectivity index (χ4n) is 2.80. The summed E-state index contributed by atoms with van der Waals surface area (Å²) in [5, 5.41) is 16.8. The lowest BCUT2D eigenvalue weighted by Crippen LogP contribution is -2.02. The molecule has 0 aliphatic carbocycles. The third-order valence-corrected chi connectivity index (χ3v) is 5.09. The van der Waals surface area contributed by atoms with Crippen LogP contribution in [-0.4, -0.2) is 20.8 Å². The molecular formula is C20H14F2N4OS.